The van der Waals surface area contributed by atoms with E-state index in [9.17, 15) is 13.6 Å². The molecule has 94 valence electrons. The van der Waals surface area contributed by atoms with Crippen LogP contribution in [0.15, 0.2) is 29.2 Å². The van der Waals surface area contributed by atoms with Crippen molar-refractivity contribution in [3.8, 4) is 0 Å². The van der Waals surface area contributed by atoms with Crippen LogP contribution in [0.1, 0.15) is 5.56 Å². The maximum atomic E-state index is 13.0. The minimum atomic E-state index is -0.724. The summed E-state index contributed by atoms with van der Waals surface area (Å²) in [6.45, 7) is -0.0929. The SMILES string of the molecule is O=c1c(Cl)c(Cl)cnn1Cc1cc(F)cc(F)c1. The summed E-state index contributed by atoms with van der Waals surface area (Å²) in [7, 11) is 0. The lowest BCUT2D eigenvalue weighted by Crippen LogP contribution is -2.23. The van der Waals surface area contributed by atoms with Crippen LogP contribution in [-0.4, -0.2) is 9.78 Å². The Morgan fingerprint density at radius 3 is 2.39 bits per heavy atom. The maximum absolute atomic E-state index is 13.0. The summed E-state index contributed by atoms with van der Waals surface area (Å²) in [6.07, 6.45) is 1.20. The fourth-order valence-corrected chi connectivity index (χ4v) is 1.70. The van der Waals surface area contributed by atoms with Crippen LogP contribution in [0.2, 0.25) is 10.0 Å². The summed E-state index contributed by atoms with van der Waals surface area (Å²) in [5.74, 6) is -1.45. The Labute approximate surface area is 111 Å². The largest absolute Gasteiger partial charge is 0.287 e. The quantitative estimate of drug-likeness (QED) is 0.852. The minimum Gasteiger partial charge on any atom is -0.266 e. The number of aromatic nitrogens is 2. The highest BCUT2D eigenvalue weighted by Crippen LogP contribution is 2.15. The first-order valence-electron chi connectivity index (χ1n) is 4.83. The van der Waals surface area contributed by atoms with E-state index in [1.807, 2.05) is 0 Å². The van der Waals surface area contributed by atoms with E-state index in [1.165, 1.54) is 6.20 Å². The Bertz CT molecular complexity index is 638. The summed E-state index contributed by atoms with van der Waals surface area (Å²) < 4.78 is 26.9. The fraction of sp³-hybridized carbons (Fsp3) is 0.0909. The molecule has 0 amide bonds. The molecular formula is C11H6Cl2F2N2O. The van der Waals surface area contributed by atoms with Crippen LogP contribution < -0.4 is 5.56 Å². The number of nitrogens with zero attached hydrogens (tertiary/aromatic N) is 2. The van der Waals surface area contributed by atoms with Gasteiger partial charge in [-0.3, -0.25) is 4.79 Å². The predicted octanol–water partition coefficient (Wildman–Crippen LogP) is 2.88. The molecule has 2 aromatic rings. The van der Waals surface area contributed by atoms with Crippen molar-refractivity contribution in [3.63, 3.8) is 0 Å². The van der Waals surface area contributed by atoms with Crippen LogP contribution in [0.25, 0.3) is 0 Å². The lowest BCUT2D eigenvalue weighted by atomic mass is 10.2. The van der Waals surface area contributed by atoms with Crippen molar-refractivity contribution in [1.82, 2.24) is 9.78 Å². The van der Waals surface area contributed by atoms with E-state index in [4.69, 9.17) is 23.2 Å². The highest BCUT2D eigenvalue weighted by molar-refractivity contribution is 6.41. The van der Waals surface area contributed by atoms with E-state index in [0.717, 1.165) is 22.9 Å². The first-order valence-corrected chi connectivity index (χ1v) is 5.59. The molecule has 1 aromatic heterocycles. The molecule has 3 nitrogen and oxygen atoms in total. The average molecular weight is 291 g/mol. The Balaban J connectivity index is 2.40. The summed E-state index contributed by atoms with van der Waals surface area (Å²) in [5.41, 5.74) is -0.352. The summed E-state index contributed by atoms with van der Waals surface area (Å²) >= 11 is 11.3. The van der Waals surface area contributed by atoms with Crippen LogP contribution >= 0.6 is 23.2 Å². The highest BCUT2D eigenvalue weighted by atomic mass is 35.5. The number of benzene rings is 1. The van der Waals surface area contributed by atoms with Gasteiger partial charge in [-0.1, -0.05) is 23.2 Å². The smallest absolute Gasteiger partial charge is 0.266 e. The molecule has 0 spiro atoms. The molecule has 0 saturated heterocycles. The Kier molecular flexibility index (Phi) is 3.63. The van der Waals surface area contributed by atoms with Crippen molar-refractivity contribution in [3.05, 3.63) is 62.0 Å². The standard InChI is InChI=1S/C11H6Cl2F2N2O/c12-9-4-16-17(11(18)10(9)13)5-6-1-7(14)3-8(15)2-6/h1-4H,5H2. The second kappa shape index (κ2) is 5.04. The molecule has 0 unspecified atom stereocenters. The molecule has 0 atom stereocenters. The maximum Gasteiger partial charge on any atom is 0.287 e. The van der Waals surface area contributed by atoms with Crippen LogP contribution in [-0.2, 0) is 6.54 Å². The molecule has 0 fully saturated rings. The first kappa shape index (κ1) is 13.0. The molecule has 0 aliphatic rings. The van der Waals surface area contributed by atoms with Crippen molar-refractivity contribution >= 4 is 23.2 Å². The third kappa shape index (κ3) is 2.68. The van der Waals surface area contributed by atoms with Crippen molar-refractivity contribution in [2.45, 2.75) is 6.54 Å². The fourth-order valence-electron chi connectivity index (χ4n) is 1.43. The van der Waals surface area contributed by atoms with E-state index in [2.05, 4.69) is 5.10 Å². The van der Waals surface area contributed by atoms with E-state index in [-0.39, 0.29) is 22.2 Å². The lowest BCUT2D eigenvalue weighted by molar-refractivity contribution is 0.570. The topological polar surface area (TPSA) is 34.9 Å². The minimum absolute atomic E-state index is 0.0309. The van der Waals surface area contributed by atoms with Gasteiger partial charge in [0.15, 0.2) is 0 Å². The number of hydrogen-bond donors (Lipinski definition) is 0. The number of hydrogen-bond acceptors (Lipinski definition) is 2. The van der Waals surface area contributed by atoms with Gasteiger partial charge < -0.3 is 0 Å². The zero-order valence-electron chi connectivity index (χ0n) is 8.83. The summed E-state index contributed by atoms with van der Waals surface area (Å²) in [6, 6.07) is 2.97. The van der Waals surface area contributed by atoms with E-state index < -0.39 is 17.2 Å². The number of rotatable bonds is 2. The molecule has 2 rings (SSSR count). The monoisotopic (exact) mass is 290 g/mol. The molecular weight excluding hydrogens is 285 g/mol. The number of halogens is 4. The van der Waals surface area contributed by atoms with Gasteiger partial charge in [-0.25, -0.2) is 13.5 Å². The molecule has 18 heavy (non-hydrogen) atoms. The highest BCUT2D eigenvalue weighted by Gasteiger charge is 2.09. The lowest BCUT2D eigenvalue weighted by Gasteiger charge is -2.06. The first-order chi connectivity index (χ1) is 8.47. The van der Waals surface area contributed by atoms with Gasteiger partial charge in [-0.15, -0.1) is 0 Å². The molecule has 1 aromatic carbocycles. The molecule has 0 radical (unpaired) electrons. The zero-order chi connectivity index (χ0) is 13.3. The average Bonchev–Trinajstić information content (AvgIpc) is 2.29. The third-order valence-electron chi connectivity index (χ3n) is 2.20. The molecule has 0 saturated carbocycles. The van der Waals surface area contributed by atoms with Crippen molar-refractivity contribution in [2.75, 3.05) is 0 Å². The molecule has 7 heteroatoms. The van der Waals surface area contributed by atoms with E-state index >= 15 is 0 Å². The van der Waals surface area contributed by atoms with Gasteiger partial charge in [-0.2, -0.15) is 5.10 Å². The normalized spacial score (nSPS) is 10.7. The molecule has 0 N–H and O–H groups in total. The Morgan fingerprint density at radius 2 is 1.78 bits per heavy atom. The van der Waals surface area contributed by atoms with Crippen molar-refractivity contribution in [1.29, 1.82) is 0 Å². The van der Waals surface area contributed by atoms with Gasteiger partial charge in [0.05, 0.1) is 17.8 Å². The van der Waals surface area contributed by atoms with Gasteiger partial charge in [0.2, 0.25) is 0 Å². The van der Waals surface area contributed by atoms with Gasteiger partial charge >= 0.3 is 0 Å². The molecule has 0 bridgehead atoms. The summed E-state index contributed by atoms with van der Waals surface area (Å²) in [4.78, 5) is 11.7. The van der Waals surface area contributed by atoms with Crippen molar-refractivity contribution < 1.29 is 8.78 Å². The van der Waals surface area contributed by atoms with Crippen LogP contribution in [0.3, 0.4) is 0 Å². The van der Waals surface area contributed by atoms with Gasteiger partial charge in [0.25, 0.3) is 5.56 Å². The van der Waals surface area contributed by atoms with E-state index in [1.54, 1.807) is 0 Å². The van der Waals surface area contributed by atoms with Crippen LogP contribution in [0.4, 0.5) is 8.78 Å². The molecule has 0 aliphatic carbocycles. The van der Waals surface area contributed by atoms with Crippen molar-refractivity contribution in [2.24, 2.45) is 0 Å². The van der Waals surface area contributed by atoms with Crippen LogP contribution in [0, 0.1) is 11.6 Å². The second-order valence-electron chi connectivity index (χ2n) is 3.55. The third-order valence-corrected chi connectivity index (χ3v) is 2.95. The predicted molar refractivity (Wildman–Crippen MR) is 64.0 cm³/mol. The Morgan fingerprint density at radius 1 is 1.17 bits per heavy atom. The molecule has 0 aliphatic heterocycles. The van der Waals surface area contributed by atoms with E-state index in [0.29, 0.717) is 0 Å². The summed E-state index contributed by atoms with van der Waals surface area (Å²) in [5, 5.41) is 3.59. The Hall–Kier alpha value is -1.46. The zero-order valence-corrected chi connectivity index (χ0v) is 10.3. The van der Waals surface area contributed by atoms with Gasteiger partial charge in [-0.05, 0) is 17.7 Å². The second-order valence-corrected chi connectivity index (χ2v) is 4.33. The van der Waals surface area contributed by atoms with Crippen LogP contribution in [0.5, 0.6) is 0 Å². The van der Waals surface area contributed by atoms with Gasteiger partial charge in [0, 0.05) is 6.07 Å². The molecule has 1 heterocycles. The van der Waals surface area contributed by atoms with Gasteiger partial charge in [0.1, 0.15) is 16.7 Å².